The molecule has 0 saturated heterocycles. The molecule has 0 fully saturated rings. The molecular weight excluding hydrogens is 516 g/mol. The van der Waals surface area contributed by atoms with Gasteiger partial charge in [-0.25, -0.2) is 0 Å². The Bertz CT molecular complexity index is 1320. The maximum Gasteiger partial charge on any atom is 0.234 e. The number of hydrogen-bond donors (Lipinski definition) is 1. The van der Waals surface area contributed by atoms with Crippen molar-refractivity contribution in [1.82, 2.24) is 14.8 Å². The molecule has 0 atom stereocenters. The largest absolute Gasteiger partial charge is 0.497 e. The van der Waals surface area contributed by atoms with E-state index in [1.54, 1.807) is 63.8 Å². The highest BCUT2D eigenvalue weighted by Crippen LogP contribution is 2.28. The number of halogens is 1. The van der Waals surface area contributed by atoms with E-state index in [4.69, 9.17) is 30.5 Å². The minimum atomic E-state index is -0.219. The fourth-order valence-electron chi connectivity index (χ4n) is 3.36. The minimum Gasteiger partial charge on any atom is -0.497 e. The van der Waals surface area contributed by atoms with Gasteiger partial charge in [-0.15, -0.1) is 10.2 Å². The SMILES string of the molecule is COc1ccc(-n2c(COc3ccc(Cl)cc3)nnc2SCC(=O)Nc2cc(OC)cc(OC)c2)cc1. The number of methoxy groups -OCH3 is 3. The quantitative estimate of drug-likeness (QED) is 0.257. The number of amides is 1. The monoisotopic (exact) mass is 540 g/mol. The summed E-state index contributed by atoms with van der Waals surface area (Å²) in [6, 6.07) is 19.7. The lowest BCUT2D eigenvalue weighted by Gasteiger charge is -2.12. The van der Waals surface area contributed by atoms with Gasteiger partial charge in [-0.2, -0.15) is 0 Å². The van der Waals surface area contributed by atoms with Gasteiger partial charge in [-0.1, -0.05) is 23.4 Å². The van der Waals surface area contributed by atoms with Crippen LogP contribution in [0.2, 0.25) is 5.02 Å². The number of aromatic nitrogens is 3. The standard InChI is InChI=1S/C26H25ClN4O5S/c1-33-20-10-6-19(7-11-20)31-24(15-36-21-8-4-17(27)5-9-21)29-30-26(31)37-16-25(32)28-18-12-22(34-2)14-23(13-18)35-3/h4-14H,15-16H2,1-3H3,(H,28,32). The summed E-state index contributed by atoms with van der Waals surface area (Å²) in [7, 11) is 4.71. The van der Waals surface area contributed by atoms with E-state index in [0.29, 0.717) is 38.9 Å². The van der Waals surface area contributed by atoms with E-state index in [1.807, 2.05) is 28.8 Å². The fraction of sp³-hybridized carbons (Fsp3) is 0.192. The predicted molar refractivity (Wildman–Crippen MR) is 143 cm³/mol. The number of thioether (sulfide) groups is 1. The van der Waals surface area contributed by atoms with Crippen molar-refractivity contribution in [3.05, 3.63) is 77.6 Å². The van der Waals surface area contributed by atoms with Gasteiger partial charge in [0.2, 0.25) is 5.91 Å². The molecule has 0 bridgehead atoms. The van der Waals surface area contributed by atoms with Gasteiger partial charge in [-0.05, 0) is 48.5 Å². The molecule has 11 heteroatoms. The summed E-state index contributed by atoms with van der Waals surface area (Å²) in [5.41, 5.74) is 1.37. The molecule has 0 unspecified atom stereocenters. The van der Waals surface area contributed by atoms with Crippen molar-refractivity contribution < 1.29 is 23.7 Å². The molecule has 0 saturated carbocycles. The van der Waals surface area contributed by atoms with E-state index in [-0.39, 0.29) is 18.3 Å². The van der Waals surface area contributed by atoms with Crippen molar-refractivity contribution in [3.8, 4) is 28.7 Å². The van der Waals surface area contributed by atoms with Gasteiger partial charge in [0.1, 0.15) is 29.6 Å². The Hall–Kier alpha value is -3.89. The maximum atomic E-state index is 12.7. The number of benzene rings is 3. The molecule has 0 radical (unpaired) electrons. The number of anilines is 1. The number of carbonyl (C=O) groups is 1. The molecule has 0 spiro atoms. The van der Waals surface area contributed by atoms with Crippen molar-refractivity contribution in [2.24, 2.45) is 0 Å². The first-order valence-electron chi connectivity index (χ1n) is 11.1. The topological polar surface area (TPSA) is 96.7 Å². The fourth-order valence-corrected chi connectivity index (χ4v) is 4.26. The van der Waals surface area contributed by atoms with Crippen LogP contribution in [0, 0.1) is 0 Å². The van der Waals surface area contributed by atoms with E-state index in [2.05, 4.69) is 15.5 Å². The first-order chi connectivity index (χ1) is 18.0. The molecule has 0 aliphatic rings. The van der Waals surface area contributed by atoms with Gasteiger partial charge in [0.15, 0.2) is 11.0 Å². The molecule has 4 rings (SSSR count). The molecule has 3 aromatic carbocycles. The third-order valence-electron chi connectivity index (χ3n) is 5.18. The maximum absolute atomic E-state index is 12.7. The Morgan fingerprint density at radius 3 is 2.11 bits per heavy atom. The third-order valence-corrected chi connectivity index (χ3v) is 6.36. The Morgan fingerprint density at radius 1 is 0.865 bits per heavy atom. The third kappa shape index (κ3) is 6.87. The van der Waals surface area contributed by atoms with Crippen LogP contribution in [0.3, 0.4) is 0 Å². The Kier molecular flexibility index (Phi) is 8.76. The summed E-state index contributed by atoms with van der Waals surface area (Å²) in [5.74, 6) is 2.98. The number of nitrogens with zero attached hydrogens (tertiary/aromatic N) is 3. The van der Waals surface area contributed by atoms with Crippen LogP contribution >= 0.6 is 23.4 Å². The number of rotatable bonds is 11. The molecule has 0 aliphatic carbocycles. The molecule has 4 aromatic rings. The molecule has 1 amide bonds. The minimum absolute atomic E-state index is 0.103. The van der Waals surface area contributed by atoms with Crippen molar-refractivity contribution in [3.63, 3.8) is 0 Å². The molecular formula is C26H25ClN4O5S. The van der Waals surface area contributed by atoms with Crippen molar-refractivity contribution in [1.29, 1.82) is 0 Å². The zero-order chi connectivity index (χ0) is 26.2. The molecule has 1 heterocycles. The predicted octanol–water partition coefficient (Wildman–Crippen LogP) is 5.26. The lowest BCUT2D eigenvalue weighted by molar-refractivity contribution is -0.113. The van der Waals surface area contributed by atoms with Gasteiger partial charge in [0, 0.05) is 34.6 Å². The lowest BCUT2D eigenvalue weighted by atomic mass is 10.2. The van der Waals surface area contributed by atoms with Crippen molar-refractivity contribution in [2.45, 2.75) is 11.8 Å². The Labute approximate surface area is 223 Å². The molecule has 1 N–H and O–H groups in total. The van der Waals surface area contributed by atoms with Crippen LogP contribution < -0.4 is 24.3 Å². The van der Waals surface area contributed by atoms with Crippen LogP contribution in [0.15, 0.2) is 71.9 Å². The summed E-state index contributed by atoms with van der Waals surface area (Å²) in [5, 5.41) is 12.7. The summed E-state index contributed by atoms with van der Waals surface area (Å²) in [4.78, 5) is 12.7. The second-order valence-corrected chi connectivity index (χ2v) is 8.99. The van der Waals surface area contributed by atoms with Gasteiger partial charge < -0.3 is 24.3 Å². The van der Waals surface area contributed by atoms with Crippen molar-refractivity contribution in [2.75, 3.05) is 32.4 Å². The van der Waals surface area contributed by atoms with Crippen LogP contribution in [-0.2, 0) is 11.4 Å². The van der Waals surface area contributed by atoms with Crippen molar-refractivity contribution >= 4 is 35.0 Å². The van der Waals surface area contributed by atoms with Crippen LogP contribution in [-0.4, -0.2) is 47.8 Å². The highest BCUT2D eigenvalue weighted by Gasteiger charge is 2.17. The summed E-state index contributed by atoms with van der Waals surface area (Å²) in [6.07, 6.45) is 0. The highest BCUT2D eigenvalue weighted by atomic mass is 35.5. The Morgan fingerprint density at radius 2 is 1.49 bits per heavy atom. The number of carbonyl (C=O) groups excluding carboxylic acids is 1. The van der Waals surface area contributed by atoms with E-state index in [0.717, 1.165) is 11.4 Å². The average Bonchev–Trinajstić information content (AvgIpc) is 3.34. The van der Waals surface area contributed by atoms with E-state index >= 15 is 0 Å². The smallest absolute Gasteiger partial charge is 0.234 e. The number of nitrogens with one attached hydrogen (secondary N) is 1. The zero-order valence-corrected chi connectivity index (χ0v) is 22.0. The molecule has 9 nitrogen and oxygen atoms in total. The highest BCUT2D eigenvalue weighted by molar-refractivity contribution is 7.99. The summed E-state index contributed by atoms with van der Waals surface area (Å²) in [6.45, 7) is 0.164. The summed E-state index contributed by atoms with van der Waals surface area (Å²) < 4.78 is 23.6. The van der Waals surface area contributed by atoms with Crippen LogP contribution in [0.4, 0.5) is 5.69 Å². The zero-order valence-electron chi connectivity index (χ0n) is 20.4. The second kappa shape index (κ2) is 12.4. The first kappa shape index (κ1) is 26.2. The van der Waals surface area contributed by atoms with Gasteiger partial charge >= 0.3 is 0 Å². The van der Waals surface area contributed by atoms with Gasteiger partial charge in [0.25, 0.3) is 0 Å². The van der Waals surface area contributed by atoms with Crippen LogP contribution in [0.5, 0.6) is 23.0 Å². The number of ether oxygens (including phenoxy) is 4. The number of hydrogen-bond acceptors (Lipinski definition) is 8. The molecule has 37 heavy (non-hydrogen) atoms. The molecule has 192 valence electrons. The molecule has 0 aliphatic heterocycles. The lowest BCUT2D eigenvalue weighted by Crippen LogP contribution is -2.15. The average molecular weight is 541 g/mol. The van der Waals surface area contributed by atoms with E-state index < -0.39 is 0 Å². The molecule has 1 aromatic heterocycles. The van der Waals surface area contributed by atoms with Crippen LogP contribution in [0.1, 0.15) is 5.82 Å². The van der Waals surface area contributed by atoms with Gasteiger partial charge in [-0.3, -0.25) is 9.36 Å². The second-order valence-electron chi connectivity index (χ2n) is 7.61. The Balaban J connectivity index is 1.51. The normalized spacial score (nSPS) is 10.6. The first-order valence-corrected chi connectivity index (χ1v) is 12.5. The van der Waals surface area contributed by atoms with E-state index in [9.17, 15) is 4.79 Å². The van der Waals surface area contributed by atoms with Gasteiger partial charge in [0.05, 0.1) is 27.1 Å². The van der Waals surface area contributed by atoms with E-state index in [1.165, 1.54) is 11.8 Å². The summed E-state index contributed by atoms with van der Waals surface area (Å²) >= 11 is 7.22. The van der Waals surface area contributed by atoms with Crippen LogP contribution in [0.25, 0.3) is 5.69 Å².